The molecule has 0 saturated heterocycles. The van der Waals surface area contributed by atoms with Crippen LogP contribution in [0.25, 0.3) is 0 Å². The zero-order valence-corrected chi connectivity index (χ0v) is 19.1. The van der Waals surface area contributed by atoms with Crippen molar-refractivity contribution in [3.05, 3.63) is 30.1 Å². The van der Waals surface area contributed by atoms with Gasteiger partial charge in [0.2, 0.25) is 5.91 Å². The number of hydrogen-bond acceptors (Lipinski definition) is 2. The predicted octanol–water partition coefficient (Wildman–Crippen LogP) is 5.60. The lowest BCUT2D eigenvalue weighted by atomic mass is 9.85. The molecule has 0 aliphatic heterocycles. The highest BCUT2D eigenvalue weighted by Crippen LogP contribution is 2.36. The van der Waals surface area contributed by atoms with Crippen molar-refractivity contribution in [3.8, 4) is 0 Å². The molecule has 0 radical (unpaired) electrons. The van der Waals surface area contributed by atoms with E-state index < -0.39 is 0 Å². The fourth-order valence-electron chi connectivity index (χ4n) is 4.14. The average molecular weight is 497 g/mol. The minimum atomic E-state index is -0.0326. The van der Waals surface area contributed by atoms with Gasteiger partial charge in [0.05, 0.1) is 5.92 Å². The molecule has 0 N–H and O–H groups in total. The molecule has 27 heavy (non-hydrogen) atoms. The van der Waals surface area contributed by atoms with Gasteiger partial charge in [-0.2, -0.15) is 0 Å². The Morgan fingerprint density at radius 1 is 1.15 bits per heavy atom. The Balaban J connectivity index is 1.73. The third-order valence-electron chi connectivity index (χ3n) is 5.73. The summed E-state index contributed by atoms with van der Waals surface area (Å²) in [6, 6.07) is 3.93. The first-order chi connectivity index (χ1) is 12.9. The molecule has 0 spiro atoms. The molecule has 3 rings (SSSR count). The summed E-state index contributed by atoms with van der Waals surface area (Å²) in [6.45, 7) is 1.24. The molecule has 2 fully saturated rings. The zero-order chi connectivity index (χ0) is 19.4. The number of halogens is 4. The van der Waals surface area contributed by atoms with Crippen LogP contribution in [0.4, 0.5) is 0 Å². The van der Waals surface area contributed by atoms with Gasteiger partial charge in [0.15, 0.2) is 0 Å². The normalized spacial score (nSPS) is 34.2. The Labute approximate surface area is 185 Å². The molecule has 2 aliphatic carbocycles. The molecule has 150 valence electrons. The van der Waals surface area contributed by atoms with Crippen LogP contribution in [-0.4, -0.2) is 43.3 Å². The molecule has 6 atom stereocenters. The van der Waals surface area contributed by atoms with Crippen molar-refractivity contribution in [1.29, 1.82) is 0 Å². The summed E-state index contributed by atoms with van der Waals surface area (Å²) in [7, 11) is 0. The molecule has 2 aliphatic rings. The minimum Gasteiger partial charge on any atom is -0.338 e. The van der Waals surface area contributed by atoms with Crippen LogP contribution >= 0.6 is 50.7 Å². The molecule has 2 saturated carbocycles. The van der Waals surface area contributed by atoms with Gasteiger partial charge in [0.25, 0.3) is 0 Å². The van der Waals surface area contributed by atoms with Crippen molar-refractivity contribution >= 4 is 56.6 Å². The maximum atomic E-state index is 13.4. The number of alkyl halides is 4. The summed E-state index contributed by atoms with van der Waals surface area (Å²) >= 11 is 22.9. The standard InChI is InChI=1S/C20H26BrCl3N2O/c21-18-8-15(22)5-6-17(18)20(27)26(11-13-2-1-7-25-10-13)12-14-3-4-16(23)9-19(14)24/h1-2,7,10,14-19H,3-6,8-9,11-12H2. The molecule has 3 nitrogen and oxygen atoms in total. The van der Waals surface area contributed by atoms with Crippen molar-refractivity contribution < 1.29 is 4.79 Å². The van der Waals surface area contributed by atoms with E-state index in [9.17, 15) is 4.79 Å². The van der Waals surface area contributed by atoms with E-state index in [2.05, 4.69) is 20.9 Å². The molecular formula is C20H26BrCl3N2O. The molecule has 1 amide bonds. The summed E-state index contributed by atoms with van der Waals surface area (Å²) < 4.78 is 0. The smallest absolute Gasteiger partial charge is 0.227 e. The van der Waals surface area contributed by atoms with Gasteiger partial charge in [0, 0.05) is 46.4 Å². The molecule has 0 aromatic carbocycles. The van der Waals surface area contributed by atoms with Crippen LogP contribution in [0.1, 0.15) is 44.1 Å². The lowest BCUT2D eigenvalue weighted by molar-refractivity contribution is -0.137. The Kier molecular flexibility index (Phi) is 8.14. The summed E-state index contributed by atoms with van der Waals surface area (Å²) in [4.78, 5) is 19.7. The van der Waals surface area contributed by atoms with Crippen molar-refractivity contribution in [2.45, 2.75) is 66.0 Å². The highest BCUT2D eigenvalue weighted by molar-refractivity contribution is 9.09. The second kappa shape index (κ2) is 10.1. The van der Waals surface area contributed by atoms with Crippen molar-refractivity contribution in [1.82, 2.24) is 9.88 Å². The van der Waals surface area contributed by atoms with E-state index >= 15 is 0 Å². The third kappa shape index (κ3) is 5.98. The summed E-state index contributed by atoms with van der Waals surface area (Å²) in [5.41, 5.74) is 1.04. The van der Waals surface area contributed by atoms with E-state index in [1.54, 1.807) is 6.20 Å². The quantitative estimate of drug-likeness (QED) is 0.498. The number of carbonyl (C=O) groups excluding carboxylic acids is 1. The largest absolute Gasteiger partial charge is 0.338 e. The maximum Gasteiger partial charge on any atom is 0.227 e. The topological polar surface area (TPSA) is 33.2 Å². The molecule has 1 aromatic rings. The maximum absolute atomic E-state index is 13.4. The third-order valence-corrected chi connectivity index (χ3v) is 8.07. The zero-order valence-electron chi connectivity index (χ0n) is 15.2. The Morgan fingerprint density at radius 3 is 2.56 bits per heavy atom. The molecule has 7 heteroatoms. The van der Waals surface area contributed by atoms with Crippen LogP contribution in [0.5, 0.6) is 0 Å². The van der Waals surface area contributed by atoms with E-state index in [1.165, 1.54) is 0 Å². The lowest BCUT2D eigenvalue weighted by Crippen LogP contribution is -2.45. The monoisotopic (exact) mass is 494 g/mol. The van der Waals surface area contributed by atoms with E-state index in [1.807, 2.05) is 23.2 Å². The highest BCUT2D eigenvalue weighted by Gasteiger charge is 2.37. The van der Waals surface area contributed by atoms with Gasteiger partial charge in [-0.05, 0) is 56.1 Å². The number of carbonyl (C=O) groups is 1. The second-order valence-corrected chi connectivity index (χ2v) is 10.8. The summed E-state index contributed by atoms with van der Waals surface area (Å²) in [6.07, 6.45) is 8.85. The minimum absolute atomic E-state index is 0.0174. The van der Waals surface area contributed by atoms with Gasteiger partial charge in [-0.15, -0.1) is 34.8 Å². The van der Waals surface area contributed by atoms with E-state index in [4.69, 9.17) is 34.8 Å². The predicted molar refractivity (Wildman–Crippen MR) is 116 cm³/mol. The number of hydrogen-bond donors (Lipinski definition) is 0. The first-order valence-electron chi connectivity index (χ1n) is 9.68. The summed E-state index contributed by atoms with van der Waals surface area (Å²) in [5.74, 6) is 0.441. The van der Waals surface area contributed by atoms with Crippen LogP contribution in [0.15, 0.2) is 24.5 Å². The SMILES string of the molecule is O=C(C1CCC(Cl)CC1Br)N(Cc1cccnc1)CC1CCC(Cl)CC1Cl. The number of rotatable bonds is 5. The highest BCUT2D eigenvalue weighted by atomic mass is 79.9. The van der Waals surface area contributed by atoms with Gasteiger partial charge in [-0.1, -0.05) is 22.0 Å². The number of aromatic nitrogens is 1. The first kappa shape index (κ1) is 21.7. The van der Waals surface area contributed by atoms with Gasteiger partial charge in [-0.25, -0.2) is 0 Å². The van der Waals surface area contributed by atoms with Gasteiger partial charge in [-0.3, -0.25) is 9.78 Å². The van der Waals surface area contributed by atoms with E-state index in [0.717, 1.165) is 44.1 Å². The van der Waals surface area contributed by atoms with E-state index in [-0.39, 0.29) is 38.7 Å². The number of amides is 1. The van der Waals surface area contributed by atoms with Crippen LogP contribution < -0.4 is 0 Å². The Bertz CT molecular complexity index is 621. The fraction of sp³-hybridized carbons (Fsp3) is 0.700. The van der Waals surface area contributed by atoms with Crippen LogP contribution in [0, 0.1) is 11.8 Å². The fourth-order valence-corrected chi connectivity index (χ4v) is 6.45. The Hall–Kier alpha value is -0.0300. The van der Waals surface area contributed by atoms with E-state index in [0.29, 0.717) is 13.1 Å². The first-order valence-corrected chi connectivity index (χ1v) is 11.9. The lowest BCUT2D eigenvalue weighted by Gasteiger charge is -2.38. The van der Waals surface area contributed by atoms with Crippen LogP contribution in [-0.2, 0) is 11.3 Å². The van der Waals surface area contributed by atoms with Crippen molar-refractivity contribution in [2.24, 2.45) is 11.8 Å². The van der Waals surface area contributed by atoms with Crippen molar-refractivity contribution in [2.75, 3.05) is 6.54 Å². The van der Waals surface area contributed by atoms with Gasteiger partial charge >= 0.3 is 0 Å². The van der Waals surface area contributed by atoms with Crippen LogP contribution in [0.3, 0.4) is 0 Å². The molecular weight excluding hydrogens is 470 g/mol. The summed E-state index contributed by atoms with van der Waals surface area (Å²) in [5, 5.41) is 0.317. The molecule has 1 aromatic heterocycles. The second-order valence-electron chi connectivity index (χ2n) is 7.80. The Morgan fingerprint density at radius 2 is 1.89 bits per heavy atom. The van der Waals surface area contributed by atoms with Crippen molar-refractivity contribution in [3.63, 3.8) is 0 Å². The van der Waals surface area contributed by atoms with Crippen LogP contribution in [0.2, 0.25) is 0 Å². The van der Waals surface area contributed by atoms with Gasteiger partial charge < -0.3 is 4.90 Å². The number of pyridine rings is 1. The molecule has 0 bridgehead atoms. The van der Waals surface area contributed by atoms with Gasteiger partial charge in [0.1, 0.15) is 0 Å². The molecule has 6 unspecified atom stereocenters. The molecule has 1 heterocycles. The average Bonchev–Trinajstić information content (AvgIpc) is 2.63. The number of nitrogens with zero attached hydrogens (tertiary/aromatic N) is 2.